The summed E-state index contributed by atoms with van der Waals surface area (Å²) in [4.78, 5) is 31.0. The van der Waals surface area contributed by atoms with Gasteiger partial charge in [0, 0.05) is 16.5 Å². The van der Waals surface area contributed by atoms with Gasteiger partial charge in [0.25, 0.3) is 11.5 Å². The first kappa shape index (κ1) is 18.0. The highest BCUT2D eigenvalue weighted by atomic mass is 32.1. The highest BCUT2D eigenvalue weighted by molar-refractivity contribution is 7.80. The third kappa shape index (κ3) is 3.54. The van der Waals surface area contributed by atoms with Crippen LogP contribution in [0.3, 0.4) is 0 Å². The molecule has 0 aliphatic carbocycles. The predicted octanol–water partition coefficient (Wildman–Crippen LogP) is 3.99. The molecule has 0 aliphatic rings. The van der Waals surface area contributed by atoms with Crippen LogP contribution in [0.2, 0.25) is 0 Å². The van der Waals surface area contributed by atoms with Crippen LogP contribution in [0.5, 0.6) is 0 Å². The lowest BCUT2D eigenvalue weighted by Gasteiger charge is -2.13. The zero-order valence-corrected chi connectivity index (χ0v) is 15.8. The maximum absolute atomic E-state index is 13.1. The van der Waals surface area contributed by atoms with Crippen LogP contribution in [0.15, 0.2) is 88.7 Å². The molecule has 2 aromatic heterocycles. The number of nitrogens with zero attached hydrogens (tertiary/aromatic N) is 2. The van der Waals surface area contributed by atoms with E-state index in [4.69, 9.17) is 0 Å². The summed E-state index contributed by atoms with van der Waals surface area (Å²) in [5.74, 6) is -0.473. The van der Waals surface area contributed by atoms with E-state index >= 15 is 0 Å². The molecule has 0 saturated carbocycles. The molecule has 2 aromatic carbocycles. The van der Waals surface area contributed by atoms with Crippen molar-refractivity contribution in [3.63, 3.8) is 0 Å². The number of benzene rings is 2. The van der Waals surface area contributed by atoms with Crippen LogP contribution in [0.1, 0.15) is 15.9 Å². The second-order valence-electron chi connectivity index (χ2n) is 6.32. The van der Waals surface area contributed by atoms with Crippen molar-refractivity contribution in [2.24, 2.45) is 0 Å². The van der Waals surface area contributed by atoms with Crippen molar-refractivity contribution in [1.82, 2.24) is 9.55 Å². The molecule has 4 rings (SSSR count). The Hall–Kier alpha value is -3.38. The summed E-state index contributed by atoms with van der Waals surface area (Å²) in [7, 11) is 0. The second-order valence-corrected chi connectivity index (χ2v) is 6.80. The van der Waals surface area contributed by atoms with Gasteiger partial charge < -0.3 is 5.32 Å². The molecule has 1 N–H and O–H groups in total. The van der Waals surface area contributed by atoms with Crippen molar-refractivity contribution >= 4 is 35.3 Å². The molecule has 6 heteroatoms. The summed E-state index contributed by atoms with van der Waals surface area (Å²) >= 11 is 4.35. The number of carbonyl (C=O) groups excluding carboxylic acids is 1. The number of thiol groups is 1. The number of amides is 1. The lowest BCUT2D eigenvalue weighted by molar-refractivity contribution is 0.102. The van der Waals surface area contributed by atoms with Gasteiger partial charge in [0.15, 0.2) is 0 Å². The molecule has 0 aliphatic heterocycles. The third-order valence-corrected chi connectivity index (χ3v) is 4.82. The minimum absolute atomic E-state index is 0.0630. The van der Waals surface area contributed by atoms with Gasteiger partial charge in [0.05, 0.1) is 12.2 Å². The van der Waals surface area contributed by atoms with Crippen molar-refractivity contribution in [2.45, 2.75) is 11.4 Å². The molecule has 0 unspecified atom stereocenters. The maximum atomic E-state index is 13.1. The fourth-order valence-electron chi connectivity index (χ4n) is 3.05. The van der Waals surface area contributed by atoms with Gasteiger partial charge in [-0.1, -0.05) is 42.5 Å². The van der Waals surface area contributed by atoms with Crippen molar-refractivity contribution in [3.8, 4) is 0 Å². The molecule has 0 saturated heterocycles. The Morgan fingerprint density at radius 3 is 2.54 bits per heavy atom. The van der Waals surface area contributed by atoms with E-state index in [-0.39, 0.29) is 11.1 Å². The number of nitrogens with one attached hydrogen (secondary N) is 1. The Balaban J connectivity index is 1.81. The average molecular weight is 387 g/mol. The van der Waals surface area contributed by atoms with E-state index in [1.165, 1.54) is 4.57 Å². The van der Waals surface area contributed by atoms with Crippen molar-refractivity contribution in [2.75, 3.05) is 5.32 Å². The molecular weight excluding hydrogens is 370 g/mol. The standard InChI is InChI=1S/C22H17N3O2S/c26-21(24-18-10-4-5-11-19(18)28)17-13-16-9-6-12-23-20(16)25(22(17)27)14-15-7-2-1-3-8-15/h1-13,28H,14H2,(H,24,26). The zero-order valence-electron chi connectivity index (χ0n) is 14.9. The van der Waals surface area contributed by atoms with Crippen molar-refractivity contribution in [3.05, 3.63) is 100 Å². The number of para-hydroxylation sites is 1. The normalized spacial score (nSPS) is 10.8. The van der Waals surface area contributed by atoms with Crippen LogP contribution < -0.4 is 10.9 Å². The van der Waals surface area contributed by atoms with E-state index in [1.807, 2.05) is 42.5 Å². The monoisotopic (exact) mass is 387 g/mol. The number of pyridine rings is 2. The number of aromatic nitrogens is 2. The van der Waals surface area contributed by atoms with Crippen molar-refractivity contribution < 1.29 is 4.79 Å². The summed E-state index contributed by atoms with van der Waals surface area (Å²) < 4.78 is 1.53. The quantitative estimate of drug-likeness (QED) is 0.521. The topological polar surface area (TPSA) is 64.0 Å². The molecule has 5 nitrogen and oxygen atoms in total. The van der Waals surface area contributed by atoms with Gasteiger partial charge in [-0.15, -0.1) is 12.6 Å². The molecule has 0 bridgehead atoms. The molecule has 2 heterocycles. The van der Waals surface area contributed by atoms with Crippen LogP contribution in [-0.4, -0.2) is 15.5 Å². The van der Waals surface area contributed by atoms with Gasteiger partial charge in [-0.25, -0.2) is 4.98 Å². The minimum Gasteiger partial charge on any atom is -0.321 e. The van der Waals surface area contributed by atoms with Crippen LogP contribution in [0.25, 0.3) is 11.0 Å². The molecule has 0 radical (unpaired) electrons. The van der Waals surface area contributed by atoms with Gasteiger partial charge in [0.2, 0.25) is 0 Å². The number of hydrogen-bond donors (Lipinski definition) is 2. The van der Waals surface area contributed by atoms with Gasteiger partial charge in [0.1, 0.15) is 11.2 Å². The molecule has 1 amide bonds. The van der Waals surface area contributed by atoms with Crippen LogP contribution >= 0.6 is 12.6 Å². The summed E-state index contributed by atoms with van der Waals surface area (Å²) in [5, 5.41) is 3.50. The lowest BCUT2D eigenvalue weighted by atomic mass is 10.1. The smallest absolute Gasteiger partial charge is 0.265 e. The van der Waals surface area contributed by atoms with Gasteiger partial charge in [-0.05, 0) is 35.9 Å². The molecule has 0 spiro atoms. The third-order valence-electron chi connectivity index (χ3n) is 4.43. The first-order valence-electron chi connectivity index (χ1n) is 8.75. The Morgan fingerprint density at radius 2 is 1.75 bits per heavy atom. The van der Waals surface area contributed by atoms with Gasteiger partial charge in [-0.3, -0.25) is 14.2 Å². The number of hydrogen-bond acceptors (Lipinski definition) is 4. The minimum atomic E-state index is -0.473. The first-order chi connectivity index (χ1) is 13.6. The predicted molar refractivity (Wildman–Crippen MR) is 113 cm³/mol. The van der Waals surface area contributed by atoms with E-state index in [1.54, 1.807) is 36.5 Å². The molecule has 138 valence electrons. The largest absolute Gasteiger partial charge is 0.321 e. The number of anilines is 1. The van der Waals surface area contributed by atoms with E-state index in [9.17, 15) is 9.59 Å². The van der Waals surface area contributed by atoms with Crippen LogP contribution in [-0.2, 0) is 6.54 Å². The van der Waals surface area contributed by atoms with Crippen LogP contribution in [0.4, 0.5) is 5.69 Å². The molecule has 0 fully saturated rings. The molecule has 28 heavy (non-hydrogen) atoms. The second kappa shape index (κ2) is 7.70. The van der Waals surface area contributed by atoms with E-state index in [0.29, 0.717) is 22.8 Å². The maximum Gasteiger partial charge on any atom is 0.265 e. The van der Waals surface area contributed by atoms with E-state index < -0.39 is 5.91 Å². The zero-order chi connectivity index (χ0) is 19.5. The van der Waals surface area contributed by atoms with Crippen LogP contribution in [0, 0.1) is 0 Å². The van der Waals surface area contributed by atoms with Gasteiger partial charge >= 0.3 is 0 Å². The summed E-state index contributed by atoms with van der Waals surface area (Å²) in [5.41, 5.74) is 1.73. The Kier molecular flexibility index (Phi) is 4.95. The highest BCUT2D eigenvalue weighted by Crippen LogP contribution is 2.20. The van der Waals surface area contributed by atoms with Gasteiger partial charge in [-0.2, -0.15) is 0 Å². The fourth-order valence-corrected chi connectivity index (χ4v) is 3.27. The average Bonchev–Trinajstić information content (AvgIpc) is 2.72. The Morgan fingerprint density at radius 1 is 1.00 bits per heavy atom. The number of rotatable bonds is 4. The fraction of sp³-hybridized carbons (Fsp3) is 0.0455. The number of fused-ring (bicyclic) bond motifs is 1. The van der Waals surface area contributed by atoms with E-state index in [2.05, 4.69) is 22.9 Å². The highest BCUT2D eigenvalue weighted by Gasteiger charge is 2.17. The first-order valence-corrected chi connectivity index (χ1v) is 9.20. The summed E-state index contributed by atoms with van der Waals surface area (Å²) in [6, 6.07) is 22.0. The molecule has 0 atom stereocenters. The summed E-state index contributed by atoms with van der Waals surface area (Å²) in [6.45, 7) is 0.331. The SMILES string of the molecule is O=C(Nc1ccccc1S)c1cc2cccnc2n(Cc2ccccc2)c1=O. The summed E-state index contributed by atoms with van der Waals surface area (Å²) in [6.07, 6.45) is 1.64. The van der Waals surface area contributed by atoms with Crippen molar-refractivity contribution in [1.29, 1.82) is 0 Å². The molecule has 4 aromatic rings. The Bertz CT molecular complexity index is 1220. The molecular formula is C22H17N3O2S. The number of carbonyl (C=O) groups is 1. The lowest BCUT2D eigenvalue weighted by Crippen LogP contribution is -2.30. The Labute approximate surface area is 167 Å². The van der Waals surface area contributed by atoms with E-state index in [0.717, 1.165) is 10.9 Å².